The zero-order valence-electron chi connectivity index (χ0n) is 24.2. The number of halogens is 3. The molecule has 3 fully saturated rings. The van der Waals surface area contributed by atoms with Crippen molar-refractivity contribution in [1.29, 1.82) is 0 Å². The molecule has 9 nitrogen and oxygen atoms in total. The fourth-order valence-corrected chi connectivity index (χ4v) is 6.07. The molecule has 1 unspecified atom stereocenters. The van der Waals surface area contributed by atoms with Gasteiger partial charge < -0.3 is 29.7 Å². The standard InChI is InChI=1S/C30H40F3N5O4/c1-19-27(29(39)38-13-10-22(11-14-38)37-24-12-15-41-17-26(24)40-2)35-18-36-28(19)34-16-23-4-3-5-25(42-23)20-6-8-21(9-7-20)30(31,32)33/h6-9,18,22-26,37H,3-5,10-17H2,1-2H3,(H,34,35,36)/t23?,24-,25-,26+/m1/s1. The monoisotopic (exact) mass is 591 g/mol. The van der Waals surface area contributed by atoms with Gasteiger partial charge in [0.2, 0.25) is 0 Å². The first kappa shape index (κ1) is 30.7. The fraction of sp³-hybridized carbons (Fsp3) is 0.633. The van der Waals surface area contributed by atoms with E-state index in [1.807, 2.05) is 11.8 Å². The predicted molar refractivity (Wildman–Crippen MR) is 150 cm³/mol. The Morgan fingerprint density at radius 2 is 1.86 bits per heavy atom. The summed E-state index contributed by atoms with van der Waals surface area (Å²) >= 11 is 0. The van der Waals surface area contributed by atoms with Gasteiger partial charge in [-0.2, -0.15) is 13.2 Å². The molecule has 5 rings (SSSR count). The Morgan fingerprint density at radius 1 is 1.10 bits per heavy atom. The van der Waals surface area contributed by atoms with Gasteiger partial charge in [0, 0.05) is 51.0 Å². The summed E-state index contributed by atoms with van der Waals surface area (Å²) in [6, 6.07) is 5.77. The van der Waals surface area contributed by atoms with E-state index in [1.165, 1.54) is 18.5 Å². The molecule has 1 aromatic carbocycles. The Kier molecular flexibility index (Phi) is 9.97. The van der Waals surface area contributed by atoms with Crippen LogP contribution < -0.4 is 10.6 Å². The second-order valence-electron chi connectivity index (χ2n) is 11.4. The van der Waals surface area contributed by atoms with Crippen molar-refractivity contribution in [1.82, 2.24) is 20.2 Å². The largest absolute Gasteiger partial charge is 0.416 e. The molecule has 0 spiro atoms. The number of aromatic nitrogens is 2. The molecule has 0 radical (unpaired) electrons. The smallest absolute Gasteiger partial charge is 0.379 e. The van der Waals surface area contributed by atoms with Crippen LogP contribution in [0.15, 0.2) is 30.6 Å². The minimum atomic E-state index is -4.36. The van der Waals surface area contributed by atoms with Crippen molar-refractivity contribution in [3.63, 3.8) is 0 Å². The van der Waals surface area contributed by atoms with Crippen molar-refractivity contribution in [2.75, 3.05) is 45.3 Å². The van der Waals surface area contributed by atoms with E-state index in [9.17, 15) is 18.0 Å². The quantitative estimate of drug-likeness (QED) is 0.463. The molecule has 4 atom stereocenters. The summed E-state index contributed by atoms with van der Waals surface area (Å²) in [6.45, 7) is 4.92. The third kappa shape index (κ3) is 7.39. The van der Waals surface area contributed by atoms with Crippen LogP contribution in [0, 0.1) is 6.92 Å². The van der Waals surface area contributed by atoms with Crippen LogP contribution in [0.3, 0.4) is 0 Å². The summed E-state index contributed by atoms with van der Waals surface area (Å²) in [5.74, 6) is 0.476. The molecule has 230 valence electrons. The number of carbonyl (C=O) groups is 1. The van der Waals surface area contributed by atoms with Gasteiger partial charge in [-0.15, -0.1) is 0 Å². The number of ether oxygens (including phenoxy) is 3. The molecule has 3 saturated heterocycles. The molecule has 42 heavy (non-hydrogen) atoms. The molecule has 1 amide bonds. The summed E-state index contributed by atoms with van der Waals surface area (Å²) in [6.07, 6.45) is 1.78. The second-order valence-corrected chi connectivity index (χ2v) is 11.4. The Hall–Kier alpha value is -2.80. The van der Waals surface area contributed by atoms with E-state index in [-0.39, 0.29) is 30.3 Å². The number of benzene rings is 1. The zero-order valence-corrected chi connectivity index (χ0v) is 24.2. The highest BCUT2D eigenvalue weighted by atomic mass is 19.4. The van der Waals surface area contributed by atoms with E-state index < -0.39 is 11.7 Å². The van der Waals surface area contributed by atoms with Gasteiger partial charge in [-0.05, 0) is 63.1 Å². The van der Waals surface area contributed by atoms with Gasteiger partial charge in [0.25, 0.3) is 5.91 Å². The number of hydrogen-bond donors (Lipinski definition) is 2. The highest BCUT2D eigenvalue weighted by molar-refractivity contribution is 5.94. The molecule has 2 N–H and O–H groups in total. The average molecular weight is 592 g/mol. The molecular weight excluding hydrogens is 551 g/mol. The molecule has 3 aliphatic heterocycles. The Balaban J connectivity index is 1.13. The number of hydrogen-bond acceptors (Lipinski definition) is 8. The van der Waals surface area contributed by atoms with Crippen LogP contribution in [0.4, 0.5) is 19.0 Å². The van der Waals surface area contributed by atoms with Crippen molar-refractivity contribution in [2.24, 2.45) is 0 Å². The number of anilines is 1. The van der Waals surface area contributed by atoms with E-state index in [0.717, 1.165) is 62.8 Å². The first-order valence-electron chi connectivity index (χ1n) is 14.8. The van der Waals surface area contributed by atoms with Crippen LogP contribution in [0.5, 0.6) is 0 Å². The van der Waals surface area contributed by atoms with Crippen LogP contribution in [0.2, 0.25) is 0 Å². The lowest BCUT2D eigenvalue weighted by Crippen LogP contribution is -2.54. The van der Waals surface area contributed by atoms with Gasteiger partial charge >= 0.3 is 6.18 Å². The highest BCUT2D eigenvalue weighted by Crippen LogP contribution is 2.34. The molecule has 0 aliphatic carbocycles. The van der Waals surface area contributed by atoms with Gasteiger partial charge in [-0.3, -0.25) is 4.79 Å². The van der Waals surface area contributed by atoms with Crippen molar-refractivity contribution >= 4 is 11.7 Å². The maximum atomic E-state index is 13.4. The molecular formula is C30H40F3N5O4. The highest BCUT2D eigenvalue weighted by Gasteiger charge is 2.33. The molecule has 3 aliphatic rings. The van der Waals surface area contributed by atoms with Crippen molar-refractivity contribution in [2.45, 2.75) is 82.0 Å². The molecule has 4 heterocycles. The summed E-state index contributed by atoms with van der Waals surface area (Å²) in [4.78, 5) is 24.0. The van der Waals surface area contributed by atoms with Gasteiger partial charge in [0.05, 0.1) is 30.5 Å². The molecule has 2 aromatic rings. The number of methoxy groups -OCH3 is 1. The molecule has 1 aromatic heterocycles. The minimum Gasteiger partial charge on any atom is -0.379 e. The lowest BCUT2D eigenvalue weighted by Gasteiger charge is -2.38. The summed E-state index contributed by atoms with van der Waals surface area (Å²) in [5, 5.41) is 7.03. The molecule has 0 saturated carbocycles. The number of rotatable bonds is 8. The van der Waals surface area contributed by atoms with E-state index in [2.05, 4.69) is 20.6 Å². The topological polar surface area (TPSA) is 97.8 Å². The van der Waals surface area contributed by atoms with Crippen molar-refractivity contribution in [3.8, 4) is 0 Å². The van der Waals surface area contributed by atoms with Gasteiger partial charge in [-0.25, -0.2) is 9.97 Å². The SMILES string of the molecule is CO[C@H]1COCC[C@H]1NC1CCN(C(=O)c2ncnc(NCC3CCC[C@H](c4ccc(C(F)(F)F)cc4)O3)c2C)CC1. The third-order valence-electron chi connectivity index (χ3n) is 8.58. The molecule has 0 bridgehead atoms. The lowest BCUT2D eigenvalue weighted by atomic mass is 9.97. The maximum Gasteiger partial charge on any atom is 0.416 e. The first-order valence-corrected chi connectivity index (χ1v) is 14.8. The number of piperidine rings is 1. The van der Waals surface area contributed by atoms with Crippen molar-refractivity contribution < 1.29 is 32.2 Å². The van der Waals surface area contributed by atoms with E-state index in [0.29, 0.717) is 49.4 Å². The Morgan fingerprint density at radius 3 is 2.57 bits per heavy atom. The summed E-state index contributed by atoms with van der Waals surface area (Å²) < 4.78 is 56.1. The second kappa shape index (κ2) is 13.7. The fourth-order valence-electron chi connectivity index (χ4n) is 6.07. The predicted octanol–water partition coefficient (Wildman–Crippen LogP) is 4.52. The normalized spacial score (nSPS) is 25.8. The summed E-state index contributed by atoms with van der Waals surface area (Å²) in [5.41, 5.74) is 1.14. The van der Waals surface area contributed by atoms with Crippen LogP contribution >= 0.6 is 0 Å². The Bertz CT molecular complexity index is 1190. The van der Waals surface area contributed by atoms with Crippen LogP contribution in [-0.2, 0) is 20.4 Å². The first-order chi connectivity index (χ1) is 20.2. The number of nitrogens with one attached hydrogen (secondary N) is 2. The summed E-state index contributed by atoms with van der Waals surface area (Å²) in [7, 11) is 1.71. The van der Waals surface area contributed by atoms with E-state index in [4.69, 9.17) is 14.2 Å². The molecule has 12 heteroatoms. The van der Waals surface area contributed by atoms with Crippen LogP contribution in [0.25, 0.3) is 0 Å². The van der Waals surface area contributed by atoms with E-state index >= 15 is 0 Å². The Labute approximate surface area is 244 Å². The van der Waals surface area contributed by atoms with Gasteiger partial charge in [0.15, 0.2) is 0 Å². The van der Waals surface area contributed by atoms with Crippen molar-refractivity contribution in [3.05, 3.63) is 53.0 Å². The third-order valence-corrected chi connectivity index (χ3v) is 8.58. The van der Waals surface area contributed by atoms with Crippen LogP contribution in [-0.4, -0.2) is 85.0 Å². The number of amides is 1. The minimum absolute atomic E-state index is 0.0442. The van der Waals surface area contributed by atoms with Crippen LogP contribution in [0.1, 0.15) is 71.8 Å². The van der Waals surface area contributed by atoms with Gasteiger partial charge in [-0.1, -0.05) is 12.1 Å². The lowest BCUT2D eigenvalue weighted by molar-refractivity contribution is -0.137. The number of likely N-dealkylation sites (tertiary alicyclic amines) is 1. The number of alkyl halides is 3. The average Bonchev–Trinajstić information content (AvgIpc) is 3.01. The van der Waals surface area contributed by atoms with E-state index in [1.54, 1.807) is 7.11 Å². The number of nitrogens with zero attached hydrogens (tertiary/aromatic N) is 3. The number of carbonyl (C=O) groups excluding carboxylic acids is 1. The maximum absolute atomic E-state index is 13.4. The zero-order chi connectivity index (χ0) is 29.7. The van der Waals surface area contributed by atoms with Gasteiger partial charge in [0.1, 0.15) is 17.8 Å².